The van der Waals surface area contributed by atoms with E-state index in [-0.39, 0.29) is 6.61 Å². The SMILES string of the molecule is CN[C@H]1CCc2cc(C)cnc21.Cc1cc(OCC=O)nc2c1c(C1CC1)nn2C. The molecule has 1 fully saturated rings. The molecular weight excluding hydrogens is 378 g/mol. The molecule has 0 aromatic carbocycles. The average Bonchev–Trinajstić information content (AvgIpc) is 3.42. The van der Waals surface area contributed by atoms with Crippen molar-refractivity contribution < 1.29 is 9.53 Å². The van der Waals surface area contributed by atoms with E-state index < -0.39 is 0 Å². The van der Waals surface area contributed by atoms with Crippen molar-refractivity contribution in [1.29, 1.82) is 0 Å². The number of ether oxygens (including phenoxy) is 1. The molecule has 1 atom stereocenters. The lowest BCUT2D eigenvalue weighted by atomic mass is 10.1. The molecule has 0 aliphatic heterocycles. The van der Waals surface area contributed by atoms with Crippen molar-refractivity contribution in [2.75, 3.05) is 13.7 Å². The maximum atomic E-state index is 10.3. The molecule has 158 valence electrons. The minimum atomic E-state index is 0.0330. The smallest absolute Gasteiger partial charge is 0.215 e. The van der Waals surface area contributed by atoms with Gasteiger partial charge in [-0.2, -0.15) is 10.1 Å². The maximum absolute atomic E-state index is 10.3. The molecule has 1 saturated carbocycles. The van der Waals surface area contributed by atoms with Gasteiger partial charge in [0, 0.05) is 36.7 Å². The Kier molecular flexibility index (Phi) is 5.81. The normalized spacial score (nSPS) is 17.4. The molecule has 0 spiro atoms. The predicted molar refractivity (Wildman–Crippen MR) is 116 cm³/mol. The third kappa shape index (κ3) is 4.07. The zero-order chi connectivity index (χ0) is 21.3. The van der Waals surface area contributed by atoms with E-state index in [0.29, 0.717) is 17.8 Å². The number of hydrogen-bond acceptors (Lipinski definition) is 6. The second kappa shape index (κ2) is 8.52. The van der Waals surface area contributed by atoms with E-state index in [2.05, 4.69) is 33.4 Å². The molecule has 3 aromatic heterocycles. The van der Waals surface area contributed by atoms with E-state index in [1.807, 2.05) is 33.3 Å². The average molecular weight is 408 g/mol. The Bertz CT molecular complexity index is 1070. The van der Waals surface area contributed by atoms with Crippen molar-refractivity contribution in [2.24, 2.45) is 7.05 Å². The van der Waals surface area contributed by atoms with Crippen LogP contribution in [0.15, 0.2) is 18.3 Å². The van der Waals surface area contributed by atoms with Gasteiger partial charge in [0.2, 0.25) is 5.88 Å². The van der Waals surface area contributed by atoms with Crippen LogP contribution in [0.4, 0.5) is 0 Å². The van der Waals surface area contributed by atoms with Gasteiger partial charge in [-0.15, -0.1) is 0 Å². The van der Waals surface area contributed by atoms with E-state index in [4.69, 9.17) is 4.74 Å². The van der Waals surface area contributed by atoms with Crippen LogP contribution in [-0.2, 0) is 18.3 Å². The minimum Gasteiger partial charge on any atom is -0.470 e. The molecule has 0 saturated heterocycles. The highest BCUT2D eigenvalue weighted by atomic mass is 16.5. The summed E-state index contributed by atoms with van der Waals surface area (Å²) in [6.07, 6.45) is 7.48. The Morgan fingerprint density at radius 1 is 1.23 bits per heavy atom. The number of aldehydes is 1. The molecule has 2 aliphatic rings. The van der Waals surface area contributed by atoms with Gasteiger partial charge in [-0.25, -0.2) is 0 Å². The number of rotatable bonds is 5. The molecule has 3 aromatic rings. The highest BCUT2D eigenvalue weighted by Crippen LogP contribution is 2.43. The molecular formula is C23H29N5O2. The largest absolute Gasteiger partial charge is 0.470 e. The fourth-order valence-electron chi connectivity index (χ4n) is 4.14. The van der Waals surface area contributed by atoms with E-state index in [0.717, 1.165) is 28.6 Å². The molecule has 5 rings (SSSR count). The lowest BCUT2D eigenvalue weighted by Gasteiger charge is -2.08. The van der Waals surface area contributed by atoms with Crippen molar-refractivity contribution in [2.45, 2.75) is 51.5 Å². The number of carbonyl (C=O) groups is 1. The number of pyridine rings is 2. The topological polar surface area (TPSA) is 81.9 Å². The van der Waals surface area contributed by atoms with Crippen LogP contribution >= 0.6 is 0 Å². The summed E-state index contributed by atoms with van der Waals surface area (Å²) in [5.41, 5.74) is 7.04. The van der Waals surface area contributed by atoms with Crippen LogP contribution in [0, 0.1) is 13.8 Å². The predicted octanol–water partition coefficient (Wildman–Crippen LogP) is 3.33. The maximum Gasteiger partial charge on any atom is 0.215 e. The Morgan fingerprint density at radius 3 is 2.73 bits per heavy atom. The van der Waals surface area contributed by atoms with Crippen LogP contribution < -0.4 is 10.1 Å². The number of aryl methyl sites for hydroxylation is 4. The van der Waals surface area contributed by atoms with Gasteiger partial charge in [-0.1, -0.05) is 6.07 Å². The standard InChI is InChI=1S/C13H15N3O2.C10H14N2/c1-8-7-10(18-6-5-17)14-13-11(8)12(9-3-4-9)15-16(13)2;1-7-5-8-3-4-9(11-2)10(8)12-6-7/h5,7,9H,3-4,6H2,1-2H3;5-6,9,11H,3-4H2,1-2H3/t;9-/m.0/s1. The second-order valence-electron chi connectivity index (χ2n) is 8.17. The molecule has 0 unspecified atom stereocenters. The molecule has 0 bridgehead atoms. The van der Waals surface area contributed by atoms with Crippen LogP contribution in [0.3, 0.4) is 0 Å². The fourth-order valence-corrected chi connectivity index (χ4v) is 4.14. The summed E-state index contributed by atoms with van der Waals surface area (Å²) >= 11 is 0. The molecule has 7 heteroatoms. The summed E-state index contributed by atoms with van der Waals surface area (Å²) < 4.78 is 7.06. The number of nitrogens with zero attached hydrogens (tertiary/aromatic N) is 4. The molecule has 0 radical (unpaired) electrons. The van der Waals surface area contributed by atoms with Crippen molar-refractivity contribution in [3.63, 3.8) is 0 Å². The summed E-state index contributed by atoms with van der Waals surface area (Å²) in [5, 5.41) is 8.98. The highest BCUT2D eigenvalue weighted by Gasteiger charge is 2.30. The lowest BCUT2D eigenvalue weighted by Crippen LogP contribution is -2.13. The quantitative estimate of drug-likeness (QED) is 0.654. The van der Waals surface area contributed by atoms with Gasteiger partial charge < -0.3 is 10.1 Å². The first-order chi connectivity index (χ1) is 14.5. The molecule has 3 heterocycles. The first kappa shape index (κ1) is 20.5. The molecule has 1 N–H and O–H groups in total. The summed E-state index contributed by atoms with van der Waals surface area (Å²) in [7, 11) is 3.89. The van der Waals surface area contributed by atoms with E-state index in [1.165, 1.54) is 42.5 Å². The Hall–Kier alpha value is -2.80. The Labute approximate surface area is 176 Å². The van der Waals surface area contributed by atoms with Crippen molar-refractivity contribution in [3.8, 4) is 5.88 Å². The van der Waals surface area contributed by atoms with Gasteiger partial charge in [0.15, 0.2) is 11.9 Å². The lowest BCUT2D eigenvalue weighted by molar-refractivity contribution is -0.109. The number of nitrogens with one attached hydrogen (secondary N) is 1. The minimum absolute atomic E-state index is 0.0330. The van der Waals surface area contributed by atoms with Gasteiger partial charge in [-0.05, 0) is 63.3 Å². The van der Waals surface area contributed by atoms with Crippen molar-refractivity contribution in [3.05, 3.63) is 46.4 Å². The summed E-state index contributed by atoms with van der Waals surface area (Å²) in [6.45, 7) is 4.16. The Balaban J connectivity index is 0.000000158. The number of aromatic nitrogens is 4. The zero-order valence-electron chi connectivity index (χ0n) is 18.1. The van der Waals surface area contributed by atoms with Crippen LogP contribution in [0.2, 0.25) is 0 Å². The van der Waals surface area contributed by atoms with Gasteiger partial charge >= 0.3 is 0 Å². The van der Waals surface area contributed by atoms with Crippen LogP contribution in [0.5, 0.6) is 5.88 Å². The summed E-state index contributed by atoms with van der Waals surface area (Å²) in [6, 6.07) is 4.61. The van der Waals surface area contributed by atoms with Gasteiger partial charge in [0.25, 0.3) is 0 Å². The van der Waals surface area contributed by atoms with E-state index >= 15 is 0 Å². The third-order valence-electron chi connectivity index (χ3n) is 5.78. The van der Waals surface area contributed by atoms with Gasteiger partial charge in [0.05, 0.1) is 11.4 Å². The van der Waals surface area contributed by atoms with E-state index in [9.17, 15) is 4.79 Å². The summed E-state index contributed by atoms with van der Waals surface area (Å²) in [4.78, 5) is 19.2. The van der Waals surface area contributed by atoms with Gasteiger partial charge in [-0.3, -0.25) is 14.5 Å². The molecule has 2 aliphatic carbocycles. The zero-order valence-corrected chi connectivity index (χ0v) is 18.1. The van der Waals surface area contributed by atoms with E-state index in [1.54, 1.807) is 4.68 Å². The summed E-state index contributed by atoms with van der Waals surface area (Å²) in [5.74, 6) is 1.08. The Morgan fingerprint density at radius 2 is 2.03 bits per heavy atom. The van der Waals surface area contributed by atoms with Crippen molar-refractivity contribution >= 4 is 17.3 Å². The number of carbonyl (C=O) groups excluding carboxylic acids is 1. The second-order valence-corrected chi connectivity index (χ2v) is 8.17. The van der Waals surface area contributed by atoms with Gasteiger partial charge in [0.1, 0.15) is 6.61 Å². The molecule has 0 amide bonds. The number of hydrogen-bond donors (Lipinski definition) is 1. The van der Waals surface area contributed by atoms with Crippen LogP contribution in [-0.4, -0.2) is 39.7 Å². The molecule has 7 nitrogen and oxygen atoms in total. The van der Waals surface area contributed by atoms with Crippen molar-refractivity contribution in [1.82, 2.24) is 25.1 Å². The molecule has 30 heavy (non-hydrogen) atoms. The fraction of sp³-hybridized carbons (Fsp3) is 0.478. The monoisotopic (exact) mass is 407 g/mol. The highest BCUT2D eigenvalue weighted by molar-refractivity contribution is 5.83. The third-order valence-corrected chi connectivity index (χ3v) is 5.78. The first-order valence-corrected chi connectivity index (χ1v) is 10.5. The van der Waals surface area contributed by atoms with Crippen LogP contribution in [0.25, 0.3) is 11.0 Å². The first-order valence-electron chi connectivity index (χ1n) is 10.5. The number of fused-ring (bicyclic) bond motifs is 2. The van der Waals surface area contributed by atoms with Crippen LogP contribution in [0.1, 0.15) is 59.3 Å².